The highest BCUT2D eigenvalue weighted by atomic mass is 32.2. The van der Waals surface area contributed by atoms with Gasteiger partial charge < -0.3 is 20.2 Å². The van der Waals surface area contributed by atoms with Gasteiger partial charge in [0.1, 0.15) is 0 Å². The molecule has 1 saturated heterocycles. The van der Waals surface area contributed by atoms with Gasteiger partial charge in [0.15, 0.2) is 6.29 Å². The van der Waals surface area contributed by atoms with E-state index in [9.17, 15) is 0 Å². The molecule has 2 aliphatic rings. The molecule has 3 rings (SSSR count). The number of rotatable bonds is 5. The van der Waals surface area contributed by atoms with Gasteiger partial charge in [0.2, 0.25) is 0 Å². The molecule has 0 amide bonds. The minimum absolute atomic E-state index is 0.0472. The van der Waals surface area contributed by atoms with Gasteiger partial charge in [0, 0.05) is 28.0 Å². The normalized spacial score (nSPS) is 20.1. The molecule has 0 radical (unpaired) electrons. The summed E-state index contributed by atoms with van der Waals surface area (Å²) >= 11 is 1.49. The molecule has 1 heterocycles. The minimum Gasteiger partial charge on any atom is -0.392 e. The highest BCUT2D eigenvalue weighted by Crippen LogP contribution is 2.29. The summed E-state index contributed by atoms with van der Waals surface area (Å²) in [6, 6.07) is 6.23. The monoisotopic (exact) mass is 387 g/mol. The Kier molecular flexibility index (Phi) is 6.38. The Balaban J connectivity index is 1.56. The van der Waals surface area contributed by atoms with Crippen LogP contribution >= 0.6 is 11.8 Å². The van der Waals surface area contributed by atoms with Gasteiger partial charge in [-0.2, -0.15) is 0 Å². The van der Waals surface area contributed by atoms with Gasteiger partial charge in [0.05, 0.1) is 24.8 Å². The summed E-state index contributed by atoms with van der Waals surface area (Å²) in [6.45, 7) is 8.05. The molecular formula is C21H29N3O2S. The van der Waals surface area contributed by atoms with Crippen molar-refractivity contribution in [1.29, 1.82) is 0 Å². The fraction of sp³-hybridized carbons (Fsp3) is 0.524. The fourth-order valence-corrected chi connectivity index (χ4v) is 3.43. The van der Waals surface area contributed by atoms with Gasteiger partial charge in [-0.1, -0.05) is 43.5 Å². The second-order valence-electron chi connectivity index (χ2n) is 8.07. The van der Waals surface area contributed by atoms with Crippen molar-refractivity contribution in [2.24, 2.45) is 22.9 Å². The molecule has 6 heteroatoms. The number of hydrogen-bond acceptors (Lipinski definition) is 6. The molecule has 1 saturated carbocycles. The third-order valence-electron chi connectivity index (χ3n) is 4.39. The maximum atomic E-state index is 6.19. The largest absolute Gasteiger partial charge is 0.392 e. The van der Waals surface area contributed by atoms with Crippen molar-refractivity contribution in [1.82, 2.24) is 5.01 Å². The smallest absolute Gasteiger partial charge is 0.176 e. The lowest BCUT2D eigenvalue weighted by atomic mass is 9.96. The van der Waals surface area contributed by atoms with Gasteiger partial charge in [-0.3, -0.25) is 0 Å². The molecule has 1 aliphatic carbocycles. The van der Waals surface area contributed by atoms with Crippen molar-refractivity contribution in [3.05, 3.63) is 40.6 Å². The van der Waals surface area contributed by atoms with Crippen LogP contribution in [-0.4, -0.2) is 31.1 Å². The van der Waals surface area contributed by atoms with Crippen molar-refractivity contribution in [2.45, 2.75) is 44.8 Å². The highest BCUT2D eigenvalue weighted by Gasteiger charge is 2.28. The number of thioether (sulfide) groups is 1. The molecule has 5 nitrogen and oxygen atoms in total. The topological polar surface area (TPSA) is 73.7 Å². The van der Waals surface area contributed by atoms with E-state index in [0.29, 0.717) is 30.7 Å². The zero-order valence-electron chi connectivity index (χ0n) is 16.3. The Labute approximate surface area is 166 Å². The minimum atomic E-state index is -0.333. The average molecular weight is 388 g/mol. The van der Waals surface area contributed by atoms with Crippen molar-refractivity contribution in [3.63, 3.8) is 0 Å². The summed E-state index contributed by atoms with van der Waals surface area (Å²) < 4.78 is 11.4. The first-order valence-corrected chi connectivity index (χ1v) is 10.1. The SMILES string of the molecule is Cc1ccc(C#CC2CC2)cc1S/C(N)=C/N(N)CC1OCC(C)(C)CO1. The molecule has 1 aliphatic heterocycles. The summed E-state index contributed by atoms with van der Waals surface area (Å²) in [4.78, 5) is 1.09. The first-order valence-electron chi connectivity index (χ1n) is 9.33. The van der Waals surface area contributed by atoms with Gasteiger partial charge in [-0.05, 0) is 37.5 Å². The first-order chi connectivity index (χ1) is 12.8. The Hall–Kier alpha value is -1.65. The zero-order valence-corrected chi connectivity index (χ0v) is 17.1. The van der Waals surface area contributed by atoms with Gasteiger partial charge in [-0.25, -0.2) is 5.84 Å². The molecule has 1 aromatic carbocycles. The maximum absolute atomic E-state index is 6.19. The Bertz CT molecular complexity index is 752. The van der Waals surface area contributed by atoms with Crippen LogP contribution in [0.2, 0.25) is 0 Å². The summed E-state index contributed by atoms with van der Waals surface area (Å²) in [6.07, 6.45) is 3.85. The van der Waals surface area contributed by atoms with Gasteiger partial charge in [-0.15, -0.1) is 0 Å². The number of benzene rings is 1. The molecule has 0 atom stereocenters. The van der Waals surface area contributed by atoms with E-state index in [1.165, 1.54) is 29.6 Å². The van der Waals surface area contributed by atoms with E-state index in [-0.39, 0.29) is 11.7 Å². The number of nitrogens with zero attached hydrogens (tertiary/aromatic N) is 1. The molecule has 2 fully saturated rings. The molecule has 0 bridgehead atoms. The summed E-state index contributed by atoms with van der Waals surface area (Å²) in [5.41, 5.74) is 8.43. The molecule has 0 spiro atoms. The third kappa shape index (κ3) is 6.47. The first kappa shape index (κ1) is 20.1. The van der Waals surface area contributed by atoms with Crippen molar-refractivity contribution in [3.8, 4) is 11.8 Å². The van der Waals surface area contributed by atoms with Crippen LogP contribution in [0.25, 0.3) is 0 Å². The standard InChI is InChI=1S/C21H29N3O2S/c1-15-4-5-17(9-8-16-6-7-16)10-18(15)27-19(22)11-24(23)12-20-25-13-21(2,3)14-26-20/h4-5,10-11,16,20H,6-7,12-14,22-23H2,1-3H3/b19-11+. The van der Waals surface area contributed by atoms with E-state index in [4.69, 9.17) is 21.1 Å². The molecule has 146 valence electrons. The van der Waals surface area contributed by atoms with Crippen molar-refractivity contribution < 1.29 is 9.47 Å². The number of hydrogen-bond donors (Lipinski definition) is 2. The second-order valence-corrected chi connectivity index (χ2v) is 9.19. The number of nitrogens with two attached hydrogens (primary N) is 2. The van der Waals surface area contributed by atoms with Crippen LogP contribution in [0.5, 0.6) is 0 Å². The lowest BCUT2D eigenvalue weighted by Gasteiger charge is -2.35. The lowest BCUT2D eigenvalue weighted by Crippen LogP contribution is -2.44. The van der Waals surface area contributed by atoms with Gasteiger partial charge >= 0.3 is 0 Å². The average Bonchev–Trinajstić information content (AvgIpc) is 3.42. The molecule has 0 aromatic heterocycles. The lowest BCUT2D eigenvalue weighted by molar-refractivity contribution is -0.225. The quantitative estimate of drug-likeness (QED) is 0.350. The summed E-state index contributed by atoms with van der Waals surface area (Å²) in [7, 11) is 0. The van der Waals surface area contributed by atoms with E-state index in [2.05, 4.69) is 50.8 Å². The Morgan fingerprint density at radius 1 is 1.33 bits per heavy atom. The fourth-order valence-electron chi connectivity index (χ4n) is 2.57. The number of hydrazine groups is 1. The number of aryl methyl sites for hydroxylation is 1. The van der Waals surface area contributed by atoms with Crippen LogP contribution < -0.4 is 11.6 Å². The van der Waals surface area contributed by atoms with E-state index in [1.807, 2.05) is 0 Å². The third-order valence-corrected chi connectivity index (χ3v) is 5.39. The van der Waals surface area contributed by atoms with Crippen LogP contribution in [0.1, 0.15) is 37.8 Å². The molecule has 27 heavy (non-hydrogen) atoms. The van der Waals surface area contributed by atoms with Crippen molar-refractivity contribution >= 4 is 11.8 Å². The number of ether oxygens (including phenoxy) is 2. The van der Waals surface area contributed by atoms with Crippen molar-refractivity contribution in [2.75, 3.05) is 19.8 Å². The summed E-state index contributed by atoms with van der Waals surface area (Å²) in [5.74, 6) is 13.2. The Morgan fingerprint density at radius 3 is 2.70 bits per heavy atom. The van der Waals surface area contributed by atoms with Crippen LogP contribution in [0.4, 0.5) is 0 Å². The van der Waals surface area contributed by atoms with Crippen LogP contribution in [0.15, 0.2) is 34.3 Å². The molecule has 4 N–H and O–H groups in total. The zero-order chi connectivity index (χ0) is 19.4. The molecule has 1 aromatic rings. The van der Waals surface area contributed by atoms with E-state index in [0.717, 1.165) is 16.0 Å². The predicted molar refractivity (Wildman–Crippen MR) is 109 cm³/mol. The molecule has 0 unspecified atom stereocenters. The highest BCUT2D eigenvalue weighted by molar-refractivity contribution is 8.03. The summed E-state index contributed by atoms with van der Waals surface area (Å²) in [5, 5.41) is 2.14. The van der Waals surface area contributed by atoms with E-state index >= 15 is 0 Å². The van der Waals surface area contributed by atoms with Crippen LogP contribution in [0, 0.1) is 30.1 Å². The maximum Gasteiger partial charge on any atom is 0.176 e. The second kappa shape index (κ2) is 8.57. The predicted octanol–water partition coefficient (Wildman–Crippen LogP) is 3.18. The Morgan fingerprint density at radius 2 is 2.04 bits per heavy atom. The molecular weight excluding hydrogens is 358 g/mol. The van der Waals surface area contributed by atoms with Crippen LogP contribution in [-0.2, 0) is 9.47 Å². The van der Waals surface area contributed by atoms with Gasteiger partial charge in [0.25, 0.3) is 0 Å². The van der Waals surface area contributed by atoms with Crippen LogP contribution in [0.3, 0.4) is 0 Å². The van der Waals surface area contributed by atoms with E-state index in [1.54, 1.807) is 6.20 Å². The van der Waals surface area contributed by atoms with E-state index < -0.39 is 0 Å².